The van der Waals surface area contributed by atoms with E-state index in [1.165, 1.54) is 6.08 Å². The first-order chi connectivity index (χ1) is 10.8. The number of halogens is 2. The average molecular weight is 359 g/mol. The molecular formula is C15H16Cl2N2O4. The van der Waals surface area contributed by atoms with Gasteiger partial charge in [0.15, 0.2) is 6.61 Å². The summed E-state index contributed by atoms with van der Waals surface area (Å²) in [5.74, 6) is -1.45. The largest absolute Gasteiger partial charge is 0.452 e. The molecule has 23 heavy (non-hydrogen) atoms. The van der Waals surface area contributed by atoms with Crippen molar-refractivity contribution in [1.29, 1.82) is 0 Å². The maximum Gasteiger partial charge on any atom is 0.331 e. The lowest BCUT2D eigenvalue weighted by atomic mass is 10.2. The highest BCUT2D eigenvalue weighted by Gasteiger charge is 2.10. The third-order valence-electron chi connectivity index (χ3n) is 2.37. The second-order valence-electron chi connectivity index (χ2n) is 4.79. The molecule has 1 aromatic carbocycles. The number of ether oxygens (including phenoxy) is 1. The molecule has 6 nitrogen and oxygen atoms in total. The summed E-state index contributed by atoms with van der Waals surface area (Å²) in [6, 6.07) is 4.08. The number of carbonyl (C=O) groups excluding carboxylic acids is 3. The summed E-state index contributed by atoms with van der Waals surface area (Å²) >= 11 is 11.6. The van der Waals surface area contributed by atoms with Crippen LogP contribution in [0.25, 0.3) is 6.08 Å². The summed E-state index contributed by atoms with van der Waals surface area (Å²) in [7, 11) is 0. The molecular weight excluding hydrogens is 343 g/mol. The van der Waals surface area contributed by atoms with Gasteiger partial charge in [-0.05, 0) is 37.6 Å². The van der Waals surface area contributed by atoms with Crippen molar-refractivity contribution in [3.05, 3.63) is 39.9 Å². The second kappa shape index (κ2) is 9.17. The molecule has 1 rings (SSSR count). The number of hydrogen-bond acceptors (Lipinski definition) is 4. The molecule has 0 saturated carbocycles. The van der Waals surface area contributed by atoms with Crippen molar-refractivity contribution < 1.29 is 19.1 Å². The Morgan fingerprint density at radius 2 is 1.91 bits per heavy atom. The highest BCUT2D eigenvalue weighted by Crippen LogP contribution is 2.23. The van der Waals surface area contributed by atoms with E-state index in [1.54, 1.807) is 32.0 Å². The number of hydrogen-bond donors (Lipinski definition) is 2. The Morgan fingerprint density at radius 1 is 1.22 bits per heavy atom. The van der Waals surface area contributed by atoms with Gasteiger partial charge in [-0.15, -0.1) is 0 Å². The van der Waals surface area contributed by atoms with Crippen LogP contribution in [0.4, 0.5) is 4.79 Å². The predicted octanol–water partition coefficient (Wildman–Crippen LogP) is 2.78. The molecule has 0 aliphatic rings. The van der Waals surface area contributed by atoms with Crippen LogP contribution in [-0.2, 0) is 14.3 Å². The van der Waals surface area contributed by atoms with Gasteiger partial charge in [0.25, 0.3) is 5.91 Å². The van der Waals surface area contributed by atoms with Gasteiger partial charge in [-0.2, -0.15) is 0 Å². The van der Waals surface area contributed by atoms with Crippen LogP contribution in [0.15, 0.2) is 24.3 Å². The minimum atomic E-state index is -0.726. The molecule has 0 fully saturated rings. The number of carbonyl (C=O) groups is 3. The van der Waals surface area contributed by atoms with Crippen molar-refractivity contribution >= 4 is 47.2 Å². The normalized spacial score (nSPS) is 10.7. The maximum absolute atomic E-state index is 11.5. The van der Waals surface area contributed by atoms with Crippen LogP contribution in [0.3, 0.4) is 0 Å². The van der Waals surface area contributed by atoms with E-state index in [2.05, 4.69) is 5.32 Å². The lowest BCUT2D eigenvalue weighted by Gasteiger charge is -2.08. The van der Waals surface area contributed by atoms with Crippen molar-refractivity contribution in [3.8, 4) is 0 Å². The fourth-order valence-corrected chi connectivity index (χ4v) is 1.73. The van der Waals surface area contributed by atoms with Crippen LogP contribution < -0.4 is 10.6 Å². The monoisotopic (exact) mass is 358 g/mol. The molecule has 0 aliphatic carbocycles. The number of amides is 3. The summed E-state index contributed by atoms with van der Waals surface area (Å²) in [5.41, 5.74) is 0.650. The summed E-state index contributed by atoms with van der Waals surface area (Å²) in [4.78, 5) is 34.1. The average Bonchev–Trinajstić information content (AvgIpc) is 2.45. The smallest absolute Gasteiger partial charge is 0.331 e. The number of nitrogens with one attached hydrogen (secondary N) is 2. The molecule has 0 heterocycles. The van der Waals surface area contributed by atoms with Gasteiger partial charge >= 0.3 is 12.0 Å². The van der Waals surface area contributed by atoms with E-state index in [1.807, 2.05) is 5.32 Å². The van der Waals surface area contributed by atoms with Crippen molar-refractivity contribution in [2.24, 2.45) is 0 Å². The SMILES string of the molecule is CC(C)NC(=O)NC(=O)COC(=O)/C=C/c1ccc(Cl)c(Cl)c1. The van der Waals surface area contributed by atoms with E-state index in [-0.39, 0.29) is 6.04 Å². The van der Waals surface area contributed by atoms with E-state index in [0.29, 0.717) is 15.6 Å². The second-order valence-corrected chi connectivity index (χ2v) is 5.61. The predicted molar refractivity (Wildman–Crippen MR) is 88.3 cm³/mol. The van der Waals surface area contributed by atoms with Gasteiger partial charge in [0, 0.05) is 12.1 Å². The molecule has 0 aromatic heterocycles. The van der Waals surface area contributed by atoms with Crippen LogP contribution in [0.1, 0.15) is 19.4 Å². The fraction of sp³-hybridized carbons (Fsp3) is 0.267. The number of urea groups is 1. The molecule has 0 saturated heterocycles. The standard InChI is InChI=1S/C15H16Cl2N2O4/c1-9(2)18-15(22)19-13(20)8-23-14(21)6-4-10-3-5-11(16)12(17)7-10/h3-7,9H,8H2,1-2H3,(H2,18,19,20,22)/b6-4+. The Bertz CT molecular complexity index is 630. The number of esters is 1. The van der Waals surface area contributed by atoms with Crippen LogP contribution >= 0.6 is 23.2 Å². The molecule has 0 spiro atoms. The lowest BCUT2D eigenvalue weighted by Crippen LogP contribution is -2.43. The molecule has 2 N–H and O–H groups in total. The molecule has 3 amide bonds. The van der Waals surface area contributed by atoms with Crippen LogP contribution in [0.2, 0.25) is 10.0 Å². The van der Waals surface area contributed by atoms with Crippen molar-refractivity contribution in [2.45, 2.75) is 19.9 Å². The molecule has 0 radical (unpaired) electrons. The quantitative estimate of drug-likeness (QED) is 0.626. The highest BCUT2D eigenvalue weighted by atomic mass is 35.5. The molecule has 1 aromatic rings. The van der Waals surface area contributed by atoms with Gasteiger partial charge in [0.1, 0.15) is 0 Å². The summed E-state index contributed by atoms with van der Waals surface area (Å²) in [6.45, 7) is 2.94. The summed E-state index contributed by atoms with van der Waals surface area (Å²) in [5, 5.41) is 5.27. The molecule has 0 aliphatic heterocycles. The first kappa shape index (κ1) is 19.0. The topological polar surface area (TPSA) is 84.5 Å². The Hall–Kier alpha value is -2.05. The van der Waals surface area contributed by atoms with Gasteiger partial charge in [-0.1, -0.05) is 29.3 Å². The van der Waals surface area contributed by atoms with Gasteiger partial charge in [-0.25, -0.2) is 9.59 Å². The Labute approximate surface area is 143 Å². The number of rotatable bonds is 5. The first-order valence-electron chi connectivity index (χ1n) is 6.68. The Kier molecular flexibility index (Phi) is 7.57. The molecule has 8 heteroatoms. The van der Waals surface area contributed by atoms with E-state index < -0.39 is 24.5 Å². The van der Waals surface area contributed by atoms with Gasteiger partial charge < -0.3 is 10.1 Å². The minimum Gasteiger partial charge on any atom is -0.452 e. The Balaban J connectivity index is 2.41. The Morgan fingerprint density at radius 3 is 2.52 bits per heavy atom. The van der Waals surface area contributed by atoms with Crippen LogP contribution in [-0.4, -0.2) is 30.6 Å². The van der Waals surface area contributed by atoms with Crippen molar-refractivity contribution in [2.75, 3.05) is 6.61 Å². The molecule has 0 atom stereocenters. The van der Waals surface area contributed by atoms with E-state index in [4.69, 9.17) is 27.9 Å². The van der Waals surface area contributed by atoms with Gasteiger partial charge in [-0.3, -0.25) is 10.1 Å². The van der Waals surface area contributed by atoms with Crippen LogP contribution in [0.5, 0.6) is 0 Å². The zero-order valence-electron chi connectivity index (χ0n) is 12.6. The molecule has 124 valence electrons. The number of imide groups is 1. The van der Waals surface area contributed by atoms with Gasteiger partial charge in [0.05, 0.1) is 10.0 Å². The molecule has 0 unspecified atom stereocenters. The zero-order chi connectivity index (χ0) is 17.4. The lowest BCUT2D eigenvalue weighted by molar-refractivity contribution is -0.143. The van der Waals surface area contributed by atoms with Crippen LogP contribution in [0, 0.1) is 0 Å². The third kappa shape index (κ3) is 7.67. The first-order valence-corrected chi connectivity index (χ1v) is 7.43. The maximum atomic E-state index is 11.5. The molecule has 0 bridgehead atoms. The van der Waals surface area contributed by atoms with E-state index in [0.717, 1.165) is 6.08 Å². The fourth-order valence-electron chi connectivity index (χ4n) is 1.43. The van der Waals surface area contributed by atoms with E-state index in [9.17, 15) is 14.4 Å². The zero-order valence-corrected chi connectivity index (χ0v) is 14.1. The highest BCUT2D eigenvalue weighted by molar-refractivity contribution is 6.42. The summed E-state index contributed by atoms with van der Waals surface area (Å²) in [6.07, 6.45) is 2.61. The summed E-state index contributed by atoms with van der Waals surface area (Å²) < 4.78 is 4.71. The third-order valence-corrected chi connectivity index (χ3v) is 3.11. The van der Waals surface area contributed by atoms with E-state index >= 15 is 0 Å². The van der Waals surface area contributed by atoms with Crippen molar-refractivity contribution in [1.82, 2.24) is 10.6 Å². The number of benzene rings is 1. The van der Waals surface area contributed by atoms with Gasteiger partial charge in [0.2, 0.25) is 0 Å². The van der Waals surface area contributed by atoms with Crippen molar-refractivity contribution in [3.63, 3.8) is 0 Å². The minimum absolute atomic E-state index is 0.112.